The lowest BCUT2D eigenvalue weighted by molar-refractivity contribution is -0.188. The van der Waals surface area contributed by atoms with Gasteiger partial charge in [-0.25, -0.2) is 0 Å². The number of ether oxygens (including phenoxy) is 1. The van der Waals surface area contributed by atoms with Crippen LogP contribution in [0.15, 0.2) is 0 Å². The molecule has 0 bridgehead atoms. The Labute approximate surface area is 108 Å². The van der Waals surface area contributed by atoms with Crippen molar-refractivity contribution >= 4 is 11.9 Å². The molecule has 0 saturated carbocycles. The lowest BCUT2D eigenvalue weighted by Crippen LogP contribution is -2.41. The monoisotopic (exact) mass is 283 g/mol. The van der Waals surface area contributed by atoms with Gasteiger partial charge in [0.2, 0.25) is 0 Å². The number of rotatable bonds is 4. The second kappa shape index (κ2) is 5.36. The van der Waals surface area contributed by atoms with Gasteiger partial charge in [-0.2, -0.15) is 13.2 Å². The van der Waals surface area contributed by atoms with Gasteiger partial charge in [-0.1, -0.05) is 0 Å². The summed E-state index contributed by atoms with van der Waals surface area (Å²) < 4.78 is 40.3. The van der Waals surface area contributed by atoms with Gasteiger partial charge in [0, 0.05) is 13.1 Å². The van der Waals surface area contributed by atoms with E-state index in [2.05, 4.69) is 4.74 Å². The maximum Gasteiger partial charge on any atom is 0.411 e. The average Bonchev–Trinajstić information content (AvgIpc) is 2.68. The Balaban J connectivity index is 2.53. The highest BCUT2D eigenvalue weighted by atomic mass is 19.4. The molecule has 1 fully saturated rings. The zero-order valence-electron chi connectivity index (χ0n) is 10.7. The van der Waals surface area contributed by atoms with E-state index in [1.165, 1.54) is 18.7 Å². The Morgan fingerprint density at radius 2 is 2.05 bits per heavy atom. The molecule has 0 aromatic carbocycles. The Bertz CT molecular complexity index is 371. The number of aliphatic carboxylic acids is 1. The van der Waals surface area contributed by atoms with Gasteiger partial charge in [0.1, 0.15) is 12.7 Å². The maximum absolute atomic E-state index is 12.0. The number of nitrogens with zero attached hydrogens (tertiary/aromatic N) is 1. The largest absolute Gasteiger partial charge is 0.481 e. The molecule has 19 heavy (non-hydrogen) atoms. The Morgan fingerprint density at radius 3 is 2.47 bits per heavy atom. The van der Waals surface area contributed by atoms with Crippen LogP contribution >= 0.6 is 0 Å². The van der Waals surface area contributed by atoms with Gasteiger partial charge >= 0.3 is 12.1 Å². The van der Waals surface area contributed by atoms with Crippen molar-refractivity contribution in [3.05, 3.63) is 0 Å². The molecule has 1 N–H and O–H groups in total. The summed E-state index contributed by atoms with van der Waals surface area (Å²) in [5, 5.41) is 9.00. The van der Waals surface area contributed by atoms with Crippen LogP contribution < -0.4 is 0 Å². The van der Waals surface area contributed by atoms with Crippen LogP contribution in [0.5, 0.6) is 0 Å². The molecule has 5 nitrogen and oxygen atoms in total. The first kappa shape index (κ1) is 15.7. The molecule has 1 heterocycles. The van der Waals surface area contributed by atoms with Crippen LogP contribution in [0.25, 0.3) is 0 Å². The Kier molecular flexibility index (Phi) is 4.44. The van der Waals surface area contributed by atoms with Crippen LogP contribution in [0.2, 0.25) is 0 Å². The van der Waals surface area contributed by atoms with Crippen LogP contribution in [0.4, 0.5) is 13.2 Å². The number of likely N-dealkylation sites (tertiary alicyclic amines) is 1. The number of hydrogen-bond acceptors (Lipinski definition) is 3. The molecule has 1 saturated heterocycles. The van der Waals surface area contributed by atoms with Crippen LogP contribution in [0.3, 0.4) is 0 Å². The molecule has 0 aromatic heterocycles. The number of hydrogen-bond donors (Lipinski definition) is 1. The fourth-order valence-corrected chi connectivity index (χ4v) is 1.87. The van der Waals surface area contributed by atoms with Crippen molar-refractivity contribution in [1.29, 1.82) is 0 Å². The molecule has 0 aromatic rings. The normalized spacial score (nSPS) is 25.4. The molecular weight excluding hydrogens is 267 g/mol. The first-order valence-electron chi connectivity index (χ1n) is 5.76. The van der Waals surface area contributed by atoms with Crippen molar-refractivity contribution in [1.82, 2.24) is 4.90 Å². The van der Waals surface area contributed by atoms with Gasteiger partial charge < -0.3 is 14.7 Å². The summed E-state index contributed by atoms with van der Waals surface area (Å²) in [7, 11) is 0. The quantitative estimate of drug-likeness (QED) is 0.844. The van der Waals surface area contributed by atoms with E-state index < -0.39 is 36.2 Å². The number of carbonyl (C=O) groups is 2. The van der Waals surface area contributed by atoms with Gasteiger partial charge in [-0.05, 0) is 20.3 Å². The summed E-state index contributed by atoms with van der Waals surface area (Å²) >= 11 is 0. The van der Waals surface area contributed by atoms with E-state index in [0.29, 0.717) is 0 Å². The molecule has 1 aliphatic rings. The van der Waals surface area contributed by atoms with E-state index in [-0.39, 0.29) is 19.5 Å². The van der Waals surface area contributed by atoms with Crippen molar-refractivity contribution in [3.63, 3.8) is 0 Å². The molecule has 0 unspecified atom stereocenters. The van der Waals surface area contributed by atoms with Gasteiger partial charge in [-0.15, -0.1) is 0 Å². The third-order valence-electron chi connectivity index (χ3n) is 3.15. The van der Waals surface area contributed by atoms with Crippen LogP contribution in [-0.2, 0) is 14.3 Å². The molecule has 1 aliphatic heterocycles. The van der Waals surface area contributed by atoms with E-state index in [9.17, 15) is 22.8 Å². The van der Waals surface area contributed by atoms with Crippen molar-refractivity contribution in [2.24, 2.45) is 5.41 Å². The van der Waals surface area contributed by atoms with Gasteiger partial charge in [0.25, 0.3) is 5.91 Å². The standard InChI is InChI=1S/C11H16F3NO4/c1-7(19-6-11(12,13)14)8(16)15-4-3-10(2,5-15)9(17)18/h7H,3-6H2,1-2H3,(H,17,18)/t7-,10+/m0/s1. The minimum atomic E-state index is -4.49. The molecule has 2 atom stereocenters. The minimum Gasteiger partial charge on any atom is -0.481 e. The molecule has 0 radical (unpaired) electrons. The summed E-state index contributed by atoms with van der Waals surface area (Å²) in [6, 6.07) is 0. The van der Waals surface area contributed by atoms with E-state index in [1.807, 2.05) is 0 Å². The predicted molar refractivity (Wildman–Crippen MR) is 58.4 cm³/mol. The zero-order valence-corrected chi connectivity index (χ0v) is 10.7. The summed E-state index contributed by atoms with van der Waals surface area (Å²) in [5.41, 5.74) is -1.04. The Hall–Kier alpha value is -1.31. The van der Waals surface area contributed by atoms with Crippen molar-refractivity contribution < 1.29 is 32.6 Å². The van der Waals surface area contributed by atoms with E-state index in [0.717, 1.165) is 0 Å². The second-order valence-electron chi connectivity index (χ2n) is 4.94. The lowest BCUT2D eigenvalue weighted by Gasteiger charge is -2.23. The molecular formula is C11H16F3NO4. The number of alkyl halides is 3. The van der Waals surface area contributed by atoms with Crippen molar-refractivity contribution in [2.45, 2.75) is 32.5 Å². The Morgan fingerprint density at radius 1 is 1.47 bits per heavy atom. The molecule has 1 rings (SSSR count). The van der Waals surface area contributed by atoms with Crippen molar-refractivity contribution in [3.8, 4) is 0 Å². The summed E-state index contributed by atoms with van der Waals surface area (Å²) in [6.07, 6.45) is -5.45. The molecule has 8 heteroatoms. The van der Waals surface area contributed by atoms with E-state index in [1.54, 1.807) is 0 Å². The third-order valence-corrected chi connectivity index (χ3v) is 3.15. The number of carboxylic acids is 1. The van der Waals surface area contributed by atoms with E-state index in [4.69, 9.17) is 5.11 Å². The van der Waals surface area contributed by atoms with Gasteiger partial charge in [0.15, 0.2) is 0 Å². The zero-order chi connectivity index (χ0) is 14.8. The first-order chi connectivity index (χ1) is 8.55. The summed E-state index contributed by atoms with van der Waals surface area (Å²) in [6.45, 7) is 1.43. The summed E-state index contributed by atoms with van der Waals surface area (Å²) in [4.78, 5) is 24.0. The highest BCUT2D eigenvalue weighted by molar-refractivity contribution is 5.83. The number of carboxylic acid groups (broad SMARTS) is 1. The van der Waals surface area contributed by atoms with Crippen LogP contribution in [-0.4, -0.2) is 53.9 Å². The number of halogens is 3. The highest BCUT2D eigenvalue weighted by Crippen LogP contribution is 2.30. The van der Waals surface area contributed by atoms with Gasteiger partial charge in [0.05, 0.1) is 5.41 Å². The minimum absolute atomic E-state index is 0.0130. The SMILES string of the molecule is C[C@H](OCC(F)(F)F)C(=O)N1CC[C@@](C)(C(=O)O)C1. The number of carbonyl (C=O) groups excluding carboxylic acids is 1. The lowest BCUT2D eigenvalue weighted by atomic mass is 9.90. The second-order valence-corrected chi connectivity index (χ2v) is 4.94. The fraction of sp³-hybridized carbons (Fsp3) is 0.818. The number of amides is 1. The predicted octanol–water partition coefficient (Wildman–Crippen LogP) is 1.28. The van der Waals surface area contributed by atoms with E-state index >= 15 is 0 Å². The smallest absolute Gasteiger partial charge is 0.411 e. The molecule has 110 valence electrons. The van der Waals surface area contributed by atoms with Crippen molar-refractivity contribution in [2.75, 3.05) is 19.7 Å². The topological polar surface area (TPSA) is 66.8 Å². The highest BCUT2D eigenvalue weighted by Gasteiger charge is 2.43. The third kappa shape index (κ3) is 4.09. The average molecular weight is 283 g/mol. The first-order valence-corrected chi connectivity index (χ1v) is 5.76. The summed E-state index contributed by atoms with van der Waals surface area (Å²) in [5.74, 6) is -1.64. The molecule has 1 amide bonds. The van der Waals surface area contributed by atoms with Crippen LogP contribution in [0, 0.1) is 5.41 Å². The maximum atomic E-state index is 12.0. The van der Waals surface area contributed by atoms with Gasteiger partial charge in [-0.3, -0.25) is 9.59 Å². The van der Waals surface area contributed by atoms with Crippen LogP contribution in [0.1, 0.15) is 20.3 Å². The molecule has 0 spiro atoms. The fourth-order valence-electron chi connectivity index (χ4n) is 1.87. The molecule has 0 aliphatic carbocycles.